The number of hydrogen-bond donors (Lipinski definition) is 2. The zero-order valence-corrected chi connectivity index (χ0v) is 12.1. The topological polar surface area (TPSA) is 77.8 Å². The summed E-state index contributed by atoms with van der Waals surface area (Å²) in [6.07, 6.45) is -6.14. The molecule has 1 aliphatic heterocycles. The number of aliphatic hydroxyl groups is 1. The van der Waals surface area contributed by atoms with Crippen LogP contribution in [0.5, 0.6) is 0 Å². The summed E-state index contributed by atoms with van der Waals surface area (Å²) in [5.74, 6) is -2.67. The molecule has 23 heavy (non-hydrogen) atoms. The molecule has 126 valence electrons. The predicted octanol–water partition coefficient (Wildman–Crippen LogP) is 1.54. The number of benzene rings is 1. The van der Waals surface area contributed by atoms with E-state index in [4.69, 9.17) is 5.11 Å². The van der Waals surface area contributed by atoms with Crippen LogP contribution in [0.2, 0.25) is 0 Å². The second-order valence-corrected chi connectivity index (χ2v) is 5.47. The maximum absolute atomic E-state index is 12.9. The summed E-state index contributed by atoms with van der Waals surface area (Å²) in [5, 5.41) is 18.7. The fourth-order valence-corrected chi connectivity index (χ4v) is 2.67. The van der Waals surface area contributed by atoms with Crippen LogP contribution in [0.15, 0.2) is 24.3 Å². The number of β-amino-alcohol motifs (C(OH)–C–C–N with tert-alkyl or cyclic N) is 1. The molecule has 0 aromatic heterocycles. The smallest absolute Gasteiger partial charge is 0.416 e. The number of halogens is 3. The van der Waals surface area contributed by atoms with Crippen LogP contribution >= 0.6 is 0 Å². The molecule has 1 saturated heterocycles. The number of rotatable bonds is 3. The van der Waals surface area contributed by atoms with E-state index in [9.17, 15) is 27.9 Å². The second kappa shape index (κ2) is 6.57. The summed E-state index contributed by atoms with van der Waals surface area (Å²) in [6.45, 7) is -0.0922. The van der Waals surface area contributed by atoms with Crippen molar-refractivity contribution in [3.05, 3.63) is 35.4 Å². The molecular formula is C15H16F3NO4. The Morgan fingerprint density at radius 2 is 1.91 bits per heavy atom. The Morgan fingerprint density at radius 3 is 2.48 bits per heavy atom. The Balaban J connectivity index is 2.08. The highest BCUT2D eigenvalue weighted by Gasteiger charge is 2.36. The maximum atomic E-state index is 12.9. The molecule has 2 atom stereocenters. The van der Waals surface area contributed by atoms with Crippen molar-refractivity contribution < 1.29 is 33.0 Å². The first kappa shape index (κ1) is 17.3. The first-order valence-corrected chi connectivity index (χ1v) is 7.04. The summed E-state index contributed by atoms with van der Waals surface area (Å²) < 4.78 is 38.7. The van der Waals surface area contributed by atoms with Gasteiger partial charge in [-0.25, -0.2) is 0 Å². The van der Waals surface area contributed by atoms with E-state index >= 15 is 0 Å². The molecule has 1 aromatic rings. The van der Waals surface area contributed by atoms with Gasteiger partial charge in [0.05, 0.1) is 24.0 Å². The van der Waals surface area contributed by atoms with Crippen LogP contribution in [0.4, 0.5) is 13.2 Å². The molecule has 0 bridgehead atoms. The van der Waals surface area contributed by atoms with Crippen LogP contribution in [-0.4, -0.2) is 46.2 Å². The van der Waals surface area contributed by atoms with Crippen LogP contribution in [0, 0.1) is 5.92 Å². The second-order valence-electron chi connectivity index (χ2n) is 5.47. The number of nitrogens with zero attached hydrogens (tertiary/aromatic N) is 1. The van der Waals surface area contributed by atoms with Gasteiger partial charge in [-0.3, -0.25) is 9.59 Å². The molecule has 0 saturated carbocycles. The molecule has 1 heterocycles. The summed E-state index contributed by atoms with van der Waals surface area (Å²) in [4.78, 5) is 24.3. The maximum Gasteiger partial charge on any atom is 0.416 e. The minimum Gasteiger partial charge on any atom is -0.481 e. The molecule has 2 N–H and O–H groups in total. The molecule has 0 aliphatic carbocycles. The van der Waals surface area contributed by atoms with Gasteiger partial charge in [-0.2, -0.15) is 13.2 Å². The van der Waals surface area contributed by atoms with Crippen molar-refractivity contribution in [1.29, 1.82) is 0 Å². The van der Waals surface area contributed by atoms with Crippen LogP contribution in [0.25, 0.3) is 0 Å². The minimum atomic E-state index is -4.55. The van der Waals surface area contributed by atoms with E-state index in [2.05, 4.69) is 0 Å². The highest BCUT2D eigenvalue weighted by Crippen LogP contribution is 2.32. The lowest BCUT2D eigenvalue weighted by molar-refractivity contribution is -0.152. The van der Waals surface area contributed by atoms with Gasteiger partial charge >= 0.3 is 12.1 Å². The Kier molecular flexibility index (Phi) is 4.93. The summed E-state index contributed by atoms with van der Waals surface area (Å²) in [6, 6.07) is 4.82. The third-order valence-electron chi connectivity index (χ3n) is 3.92. The van der Waals surface area contributed by atoms with Crippen molar-refractivity contribution in [3.8, 4) is 0 Å². The normalized spacial score (nSPS) is 22.0. The van der Waals surface area contributed by atoms with E-state index in [1.54, 1.807) is 0 Å². The van der Waals surface area contributed by atoms with E-state index in [0.717, 1.165) is 6.07 Å². The van der Waals surface area contributed by atoms with E-state index < -0.39 is 42.1 Å². The van der Waals surface area contributed by atoms with Gasteiger partial charge in [0, 0.05) is 13.1 Å². The molecule has 1 aliphatic rings. The van der Waals surface area contributed by atoms with Gasteiger partial charge in [-0.1, -0.05) is 18.2 Å². The van der Waals surface area contributed by atoms with Crippen molar-refractivity contribution in [2.24, 2.45) is 5.92 Å². The number of carbonyl (C=O) groups is 2. The fourth-order valence-electron chi connectivity index (χ4n) is 2.67. The van der Waals surface area contributed by atoms with Gasteiger partial charge in [0.25, 0.3) is 0 Å². The van der Waals surface area contributed by atoms with Crippen molar-refractivity contribution in [2.75, 3.05) is 13.1 Å². The lowest BCUT2D eigenvalue weighted by atomic mass is 9.93. The van der Waals surface area contributed by atoms with Crippen molar-refractivity contribution in [3.63, 3.8) is 0 Å². The summed E-state index contributed by atoms with van der Waals surface area (Å²) in [7, 11) is 0. The molecule has 5 nitrogen and oxygen atoms in total. The zero-order chi connectivity index (χ0) is 17.2. The SMILES string of the molecule is O=C(O)[C@H]1CCN(C(=O)Cc2ccccc2C(F)(F)F)C[C@H]1O. The van der Waals surface area contributed by atoms with Gasteiger partial charge in [-0.15, -0.1) is 0 Å². The number of piperidine rings is 1. The van der Waals surface area contributed by atoms with Crippen molar-refractivity contribution in [1.82, 2.24) is 4.90 Å². The van der Waals surface area contributed by atoms with Crippen LogP contribution in [0.3, 0.4) is 0 Å². The average Bonchev–Trinajstić information content (AvgIpc) is 2.46. The number of hydrogen-bond acceptors (Lipinski definition) is 3. The van der Waals surface area contributed by atoms with E-state index in [0.29, 0.717) is 0 Å². The molecule has 1 amide bonds. The minimum absolute atomic E-state index is 0.0726. The fraction of sp³-hybridized carbons (Fsp3) is 0.467. The highest BCUT2D eigenvalue weighted by atomic mass is 19.4. The predicted molar refractivity (Wildman–Crippen MR) is 73.5 cm³/mol. The quantitative estimate of drug-likeness (QED) is 0.881. The van der Waals surface area contributed by atoms with Gasteiger partial charge in [0.15, 0.2) is 0 Å². The molecular weight excluding hydrogens is 315 g/mol. The van der Waals surface area contributed by atoms with E-state index in [-0.39, 0.29) is 25.1 Å². The Labute approximate surface area is 130 Å². The van der Waals surface area contributed by atoms with Gasteiger partial charge < -0.3 is 15.1 Å². The molecule has 1 fully saturated rings. The number of likely N-dealkylation sites (tertiary alicyclic amines) is 1. The molecule has 0 unspecified atom stereocenters. The number of aliphatic carboxylic acids is 1. The van der Waals surface area contributed by atoms with Gasteiger partial charge in [-0.05, 0) is 18.1 Å². The highest BCUT2D eigenvalue weighted by molar-refractivity contribution is 5.80. The first-order valence-electron chi connectivity index (χ1n) is 7.04. The lowest BCUT2D eigenvalue weighted by Gasteiger charge is -2.34. The van der Waals surface area contributed by atoms with Crippen molar-refractivity contribution in [2.45, 2.75) is 25.1 Å². The largest absolute Gasteiger partial charge is 0.481 e. The molecule has 0 radical (unpaired) electrons. The van der Waals surface area contributed by atoms with Crippen LogP contribution in [-0.2, 0) is 22.2 Å². The average molecular weight is 331 g/mol. The number of amides is 1. The number of carboxylic acid groups (broad SMARTS) is 1. The number of carbonyl (C=O) groups excluding carboxylic acids is 1. The van der Waals surface area contributed by atoms with E-state index in [1.807, 2.05) is 0 Å². The first-order chi connectivity index (χ1) is 10.7. The molecule has 1 aromatic carbocycles. The third-order valence-corrected chi connectivity index (χ3v) is 3.92. The van der Waals surface area contributed by atoms with Crippen LogP contribution < -0.4 is 0 Å². The summed E-state index contributed by atoms with van der Waals surface area (Å²) in [5.41, 5.74) is -1.01. The number of alkyl halides is 3. The molecule has 8 heteroatoms. The number of carboxylic acids is 1. The lowest BCUT2D eigenvalue weighted by Crippen LogP contribution is -2.49. The van der Waals surface area contributed by atoms with Gasteiger partial charge in [0.1, 0.15) is 0 Å². The Bertz CT molecular complexity index is 603. The standard InChI is InChI=1S/C15H16F3NO4/c16-15(17,18)11-4-2-1-3-9(11)7-13(21)19-6-5-10(14(22)23)12(20)8-19/h1-4,10,12,20H,5-8H2,(H,22,23)/t10-,12+/m0/s1. The number of aliphatic hydroxyl groups excluding tert-OH is 1. The molecule has 2 rings (SSSR count). The third kappa shape index (κ3) is 4.01. The zero-order valence-electron chi connectivity index (χ0n) is 12.1. The monoisotopic (exact) mass is 331 g/mol. The van der Waals surface area contributed by atoms with E-state index in [1.165, 1.54) is 23.1 Å². The Hall–Kier alpha value is -2.09. The Morgan fingerprint density at radius 1 is 1.26 bits per heavy atom. The summed E-state index contributed by atoms with van der Waals surface area (Å²) >= 11 is 0. The van der Waals surface area contributed by atoms with Crippen molar-refractivity contribution >= 4 is 11.9 Å². The van der Waals surface area contributed by atoms with Crippen LogP contribution in [0.1, 0.15) is 17.5 Å². The molecule has 0 spiro atoms. The van der Waals surface area contributed by atoms with Gasteiger partial charge in [0.2, 0.25) is 5.91 Å².